The summed E-state index contributed by atoms with van der Waals surface area (Å²) in [5.74, 6) is 0.836. The van der Waals surface area contributed by atoms with Crippen LogP contribution in [0.3, 0.4) is 0 Å². The first-order valence-electron chi connectivity index (χ1n) is 7.32. The maximum atomic E-state index is 12.1. The molecular formula is C17H21ClN2OS. The molecule has 2 rings (SSSR count). The van der Waals surface area contributed by atoms with Gasteiger partial charge < -0.3 is 10.2 Å². The van der Waals surface area contributed by atoms with Crippen LogP contribution in [0.15, 0.2) is 47.5 Å². The Kier molecular flexibility index (Phi) is 6.55. The lowest BCUT2D eigenvalue weighted by Crippen LogP contribution is -2.43. The summed E-state index contributed by atoms with van der Waals surface area (Å²) in [5.41, 5.74) is 2.10. The number of allylic oxidation sites excluding steroid dienone is 2. The van der Waals surface area contributed by atoms with Gasteiger partial charge >= 0.3 is 0 Å². The van der Waals surface area contributed by atoms with Gasteiger partial charge in [0.05, 0.1) is 10.6 Å². The zero-order valence-corrected chi connectivity index (χ0v) is 14.3. The lowest BCUT2D eigenvalue weighted by molar-refractivity contribution is -0.113. The molecule has 1 aromatic carbocycles. The van der Waals surface area contributed by atoms with Crippen molar-refractivity contribution in [3.63, 3.8) is 0 Å². The maximum Gasteiger partial charge on any atom is 0.168 e. The van der Waals surface area contributed by atoms with Gasteiger partial charge in [0.15, 0.2) is 5.78 Å². The second-order valence-electron chi connectivity index (χ2n) is 5.13. The molecule has 5 heteroatoms. The van der Waals surface area contributed by atoms with Crippen LogP contribution in [0.5, 0.6) is 0 Å². The lowest BCUT2D eigenvalue weighted by Gasteiger charge is -2.31. The smallest absolute Gasteiger partial charge is 0.168 e. The third-order valence-electron chi connectivity index (χ3n) is 3.50. The molecule has 0 radical (unpaired) electrons. The first-order chi connectivity index (χ1) is 10.6. The molecule has 0 aliphatic carbocycles. The predicted octanol–water partition coefficient (Wildman–Crippen LogP) is 3.47. The van der Waals surface area contributed by atoms with E-state index in [1.807, 2.05) is 24.3 Å². The van der Waals surface area contributed by atoms with E-state index in [1.54, 1.807) is 24.8 Å². The fraction of sp³-hybridized carbons (Fsp3) is 0.353. The third kappa shape index (κ3) is 4.63. The minimum Gasteiger partial charge on any atom is -0.368 e. The van der Waals surface area contributed by atoms with Gasteiger partial charge in [-0.2, -0.15) is 0 Å². The third-order valence-corrected chi connectivity index (χ3v) is 5.01. The molecule has 0 amide bonds. The summed E-state index contributed by atoms with van der Waals surface area (Å²) >= 11 is 7.47. The molecular weight excluding hydrogens is 316 g/mol. The van der Waals surface area contributed by atoms with Crippen LogP contribution in [0.25, 0.3) is 0 Å². The molecule has 0 atom stereocenters. The van der Waals surface area contributed by atoms with Crippen molar-refractivity contribution in [1.29, 1.82) is 0 Å². The van der Waals surface area contributed by atoms with Crippen molar-refractivity contribution >= 4 is 29.1 Å². The van der Waals surface area contributed by atoms with Crippen LogP contribution < -0.4 is 5.32 Å². The number of carbonyl (C=O) groups excluding carboxylic acids is 1. The monoisotopic (exact) mass is 336 g/mol. The Morgan fingerprint density at radius 1 is 1.36 bits per heavy atom. The molecule has 118 valence electrons. The number of ketones is 1. The number of hydrogen-bond acceptors (Lipinski definition) is 4. The minimum absolute atomic E-state index is 0.0902. The topological polar surface area (TPSA) is 32.3 Å². The highest BCUT2D eigenvalue weighted by Gasteiger charge is 2.18. The van der Waals surface area contributed by atoms with Crippen molar-refractivity contribution in [3.8, 4) is 0 Å². The molecule has 0 bridgehead atoms. The van der Waals surface area contributed by atoms with Crippen LogP contribution in [-0.2, 0) is 10.5 Å². The summed E-state index contributed by atoms with van der Waals surface area (Å²) < 4.78 is 0. The van der Waals surface area contributed by atoms with E-state index >= 15 is 0 Å². The van der Waals surface area contributed by atoms with Gasteiger partial charge in [0.2, 0.25) is 0 Å². The van der Waals surface area contributed by atoms with Crippen molar-refractivity contribution in [2.24, 2.45) is 0 Å². The predicted molar refractivity (Wildman–Crippen MR) is 95.1 cm³/mol. The summed E-state index contributed by atoms with van der Waals surface area (Å²) in [7, 11) is 0. The molecule has 1 saturated heterocycles. The number of carbonyl (C=O) groups is 1. The van der Waals surface area contributed by atoms with Crippen molar-refractivity contribution in [2.75, 3.05) is 26.2 Å². The van der Waals surface area contributed by atoms with Crippen molar-refractivity contribution in [3.05, 3.63) is 58.1 Å². The molecule has 1 aliphatic heterocycles. The second kappa shape index (κ2) is 8.42. The molecule has 0 aromatic heterocycles. The van der Waals surface area contributed by atoms with Gasteiger partial charge in [-0.15, -0.1) is 11.8 Å². The van der Waals surface area contributed by atoms with Gasteiger partial charge in [0.25, 0.3) is 0 Å². The number of nitrogens with zero attached hydrogens (tertiary/aromatic N) is 1. The Balaban J connectivity index is 2.15. The number of thioether (sulfide) groups is 1. The number of hydrogen-bond donors (Lipinski definition) is 1. The van der Waals surface area contributed by atoms with Crippen molar-refractivity contribution in [2.45, 2.75) is 12.7 Å². The summed E-state index contributed by atoms with van der Waals surface area (Å²) in [6.07, 6.45) is 1.80. The summed E-state index contributed by atoms with van der Waals surface area (Å²) in [5, 5.41) is 4.05. The zero-order valence-electron chi connectivity index (χ0n) is 12.8. The van der Waals surface area contributed by atoms with Crippen molar-refractivity contribution in [1.82, 2.24) is 10.2 Å². The van der Waals surface area contributed by atoms with Crippen LogP contribution >= 0.6 is 23.4 Å². The number of Topliss-reactive ketones (excluding diaryl/α,β-unsaturated/α-hetero) is 1. The van der Waals surface area contributed by atoms with E-state index in [4.69, 9.17) is 11.6 Å². The number of halogens is 1. The molecule has 0 unspecified atom stereocenters. The van der Waals surface area contributed by atoms with Crippen LogP contribution in [0.4, 0.5) is 0 Å². The standard InChI is InChI=1S/C17H21ClN2OS/c1-3-16(20-10-8-19-9-11-20)17(13(2)21)22-12-14-4-6-15(18)7-5-14/h3-7,19H,1,8-12H2,2H3/b17-16-. The van der Waals surface area contributed by atoms with E-state index in [0.717, 1.165) is 53.1 Å². The zero-order chi connectivity index (χ0) is 15.9. The largest absolute Gasteiger partial charge is 0.368 e. The molecule has 1 N–H and O–H groups in total. The van der Waals surface area contributed by atoms with Gasteiger partial charge in [-0.1, -0.05) is 30.3 Å². The van der Waals surface area contributed by atoms with Gasteiger partial charge in [-0.3, -0.25) is 4.79 Å². The van der Waals surface area contributed by atoms with Gasteiger partial charge in [0, 0.05) is 37.0 Å². The highest BCUT2D eigenvalue weighted by Crippen LogP contribution is 2.28. The molecule has 3 nitrogen and oxygen atoms in total. The Hall–Kier alpha value is -1.23. The normalized spacial score (nSPS) is 16.2. The van der Waals surface area contributed by atoms with Crippen molar-refractivity contribution < 1.29 is 4.79 Å². The SMILES string of the molecule is C=C/C(=C(/SCc1ccc(Cl)cc1)C(C)=O)N1CCNCC1. The molecule has 1 heterocycles. The van der Waals surface area contributed by atoms with Crippen LogP contribution in [0.1, 0.15) is 12.5 Å². The summed E-state index contributed by atoms with van der Waals surface area (Å²) in [4.78, 5) is 15.1. The summed E-state index contributed by atoms with van der Waals surface area (Å²) in [6.45, 7) is 9.20. The minimum atomic E-state index is 0.0902. The van der Waals surface area contributed by atoms with Gasteiger partial charge in [0.1, 0.15) is 0 Å². The quantitative estimate of drug-likeness (QED) is 0.637. The molecule has 1 fully saturated rings. The van der Waals surface area contributed by atoms with E-state index < -0.39 is 0 Å². The second-order valence-corrected chi connectivity index (χ2v) is 6.55. The lowest BCUT2D eigenvalue weighted by atomic mass is 10.2. The average molecular weight is 337 g/mol. The van der Waals surface area contributed by atoms with Gasteiger partial charge in [-0.05, 0) is 30.7 Å². The Labute approximate surface area is 141 Å². The average Bonchev–Trinajstić information content (AvgIpc) is 2.53. The molecule has 22 heavy (non-hydrogen) atoms. The molecule has 0 spiro atoms. The van der Waals surface area contributed by atoms with E-state index in [9.17, 15) is 4.79 Å². The fourth-order valence-corrected chi connectivity index (χ4v) is 3.56. The summed E-state index contributed by atoms with van der Waals surface area (Å²) in [6, 6.07) is 7.73. The Morgan fingerprint density at radius 2 is 2.00 bits per heavy atom. The number of piperazine rings is 1. The number of rotatable bonds is 6. The van der Waals surface area contributed by atoms with Crippen LogP contribution in [0.2, 0.25) is 5.02 Å². The van der Waals surface area contributed by atoms with Crippen LogP contribution in [0, 0.1) is 0 Å². The molecule has 1 aromatic rings. The first-order valence-corrected chi connectivity index (χ1v) is 8.68. The molecule has 0 saturated carbocycles. The van der Waals surface area contributed by atoms with E-state index in [1.165, 1.54) is 0 Å². The number of benzene rings is 1. The molecule has 1 aliphatic rings. The Bertz CT molecular complexity index is 563. The van der Waals surface area contributed by atoms with E-state index in [2.05, 4.69) is 16.8 Å². The highest BCUT2D eigenvalue weighted by atomic mass is 35.5. The number of nitrogens with one attached hydrogen (secondary N) is 1. The van der Waals surface area contributed by atoms with Crippen LogP contribution in [-0.4, -0.2) is 36.9 Å². The first kappa shape index (κ1) is 17.1. The fourth-order valence-electron chi connectivity index (χ4n) is 2.36. The van der Waals surface area contributed by atoms with E-state index in [0.29, 0.717) is 0 Å². The highest BCUT2D eigenvalue weighted by molar-refractivity contribution is 8.03. The van der Waals surface area contributed by atoms with Gasteiger partial charge in [-0.25, -0.2) is 0 Å². The maximum absolute atomic E-state index is 12.1. The Morgan fingerprint density at radius 3 is 2.55 bits per heavy atom. The van der Waals surface area contributed by atoms with E-state index in [-0.39, 0.29) is 5.78 Å².